The molecule has 15 heteroatoms. The van der Waals surface area contributed by atoms with E-state index in [0.29, 0.717) is 57.6 Å². The molecule has 7 rings (SSSR count). The molecule has 4 amide bonds. The summed E-state index contributed by atoms with van der Waals surface area (Å²) in [5, 5.41) is 6.16. The van der Waals surface area contributed by atoms with Gasteiger partial charge in [-0.25, -0.2) is 18.2 Å². The molecule has 286 valence electrons. The smallest absolute Gasteiger partial charge is 0.408 e. The number of methoxy groups -OCH3 is 1. The van der Waals surface area contributed by atoms with Gasteiger partial charge in [0.1, 0.15) is 23.2 Å². The Hall–Kier alpha value is -4.24. The summed E-state index contributed by atoms with van der Waals surface area (Å²) in [7, 11) is -2.29. The van der Waals surface area contributed by atoms with Crippen molar-refractivity contribution in [3.05, 3.63) is 48.0 Å². The average molecular weight is 751 g/mol. The second-order valence-corrected chi connectivity index (χ2v) is 18.2. The van der Waals surface area contributed by atoms with Crippen LogP contribution >= 0.6 is 0 Å². The Kier molecular flexibility index (Phi) is 9.94. The molecule has 1 aromatic heterocycles. The number of benzene rings is 1. The first-order valence-corrected chi connectivity index (χ1v) is 20.2. The van der Waals surface area contributed by atoms with Crippen molar-refractivity contribution in [3.8, 4) is 5.88 Å². The van der Waals surface area contributed by atoms with E-state index < -0.39 is 56.4 Å². The third kappa shape index (κ3) is 7.87. The van der Waals surface area contributed by atoms with E-state index in [4.69, 9.17) is 9.47 Å². The molecule has 2 saturated carbocycles. The van der Waals surface area contributed by atoms with Gasteiger partial charge in [-0.2, -0.15) is 0 Å². The Balaban J connectivity index is 1.18. The average Bonchev–Trinajstić information content (AvgIpc) is 3.99. The molecule has 4 heterocycles. The number of alkyl carbamates (subject to hydrolysis) is 1. The third-order valence-electron chi connectivity index (χ3n) is 11.1. The molecular formula is C38H50N6O8S. The molecule has 0 unspecified atom stereocenters. The summed E-state index contributed by atoms with van der Waals surface area (Å²) in [6.45, 7) is 7.20. The Morgan fingerprint density at radius 2 is 1.85 bits per heavy atom. The number of hydrogen-bond donors (Lipinski definition) is 3. The molecule has 1 aromatic carbocycles. The second kappa shape index (κ2) is 14.2. The molecular weight excluding hydrogens is 701 g/mol. The number of amides is 4. The van der Waals surface area contributed by atoms with E-state index in [2.05, 4.69) is 25.2 Å². The van der Waals surface area contributed by atoms with Crippen molar-refractivity contribution in [3.63, 3.8) is 0 Å². The molecule has 2 aromatic rings. The molecule has 53 heavy (non-hydrogen) atoms. The Morgan fingerprint density at radius 3 is 2.58 bits per heavy atom. The van der Waals surface area contributed by atoms with Crippen molar-refractivity contribution in [2.75, 3.05) is 26.7 Å². The van der Waals surface area contributed by atoms with Gasteiger partial charge in [-0.15, -0.1) is 0 Å². The number of likely N-dealkylation sites (tertiary alicyclic amines) is 1. The summed E-state index contributed by atoms with van der Waals surface area (Å²) in [6.07, 6.45) is 6.72. The number of nitrogens with zero attached hydrogens (tertiary/aromatic N) is 3. The van der Waals surface area contributed by atoms with Gasteiger partial charge < -0.3 is 25.0 Å². The van der Waals surface area contributed by atoms with Gasteiger partial charge in [0.05, 0.1) is 17.9 Å². The highest BCUT2D eigenvalue weighted by molar-refractivity contribution is 7.91. The summed E-state index contributed by atoms with van der Waals surface area (Å²) in [5.41, 5.74) is -0.390. The molecule has 5 aliphatic rings. The van der Waals surface area contributed by atoms with E-state index >= 15 is 0 Å². The topological polar surface area (TPSA) is 176 Å². The zero-order valence-electron chi connectivity index (χ0n) is 30.8. The number of pyridine rings is 1. The number of aromatic nitrogens is 1. The minimum atomic E-state index is -3.87. The molecule has 0 spiro atoms. The van der Waals surface area contributed by atoms with E-state index in [1.165, 1.54) is 0 Å². The minimum Gasteiger partial charge on any atom is -0.481 e. The highest BCUT2D eigenvalue weighted by atomic mass is 32.2. The van der Waals surface area contributed by atoms with Crippen LogP contribution in [0.25, 0.3) is 10.9 Å². The first-order chi connectivity index (χ1) is 25.2. The molecule has 0 radical (unpaired) electrons. The summed E-state index contributed by atoms with van der Waals surface area (Å²) >= 11 is 0. The Bertz CT molecular complexity index is 1930. The van der Waals surface area contributed by atoms with Gasteiger partial charge in [-0.1, -0.05) is 36.8 Å². The number of carbonyl (C=O) groups is 4. The summed E-state index contributed by atoms with van der Waals surface area (Å²) < 4.78 is 39.0. The van der Waals surface area contributed by atoms with Gasteiger partial charge in [0.2, 0.25) is 27.7 Å². The van der Waals surface area contributed by atoms with Crippen molar-refractivity contribution in [2.45, 2.75) is 101 Å². The summed E-state index contributed by atoms with van der Waals surface area (Å²) in [4.78, 5) is 64.3. The fourth-order valence-electron chi connectivity index (χ4n) is 8.26. The molecule has 2 saturated heterocycles. The highest BCUT2D eigenvalue weighted by Crippen LogP contribution is 2.47. The van der Waals surface area contributed by atoms with Gasteiger partial charge in [0.15, 0.2) is 0 Å². The van der Waals surface area contributed by atoms with Crippen LogP contribution in [0.4, 0.5) is 4.79 Å². The van der Waals surface area contributed by atoms with Gasteiger partial charge in [0.25, 0.3) is 5.91 Å². The van der Waals surface area contributed by atoms with E-state index in [1.807, 2.05) is 42.5 Å². The molecule has 3 aliphatic heterocycles. The number of rotatable bonds is 7. The van der Waals surface area contributed by atoms with Crippen LogP contribution in [0.3, 0.4) is 0 Å². The number of sulfonamides is 1. The standard InChI is InChI=1S/C38H50N6O8S/c1-37(2,3)52-36(48)40-30-14-8-6-5-7-11-25-18-38(25,35(47)42-53(49,50)26-15-16-26)41-33(45)32-28-22-43(20-24(28)21-44(32)34(30)46)19-23-17-31(51-4)39-29-13-10-9-12-27(23)29/h7,9-13,17,24-26,28,30,32H,5-6,8,14-16,18-22H2,1-4H3,(H,40,48)(H,41,45)(H,42,47)/b11-7-/t24-,25+,28-,30+,32-,38+/m0/s1. The van der Waals surface area contributed by atoms with E-state index in [-0.39, 0.29) is 36.6 Å². The molecule has 14 nitrogen and oxygen atoms in total. The fourth-order valence-corrected chi connectivity index (χ4v) is 9.63. The fraction of sp³-hybridized carbons (Fsp3) is 0.605. The number of hydrogen-bond acceptors (Lipinski definition) is 10. The first-order valence-electron chi connectivity index (χ1n) is 18.7. The summed E-state index contributed by atoms with van der Waals surface area (Å²) in [5.74, 6) is -1.87. The maximum atomic E-state index is 14.6. The van der Waals surface area contributed by atoms with Crippen LogP contribution in [0.1, 0.15) is 71.3 Å². The number of ether oxygens (including phenoxy) is 2. The second-order valence-electron chi connectivity index (χ2n) is 16.3. The van der Waals surface area contributed by atoms with Crippen LogP contribution in [0.5, 0.6) is 5.88 Å². The Morgan fingerprint density at radius 1 is 1.08 bits per heavy atom. The van der Waals surface area contributed by atoms with E-state index in [1.54, 1.807) is 32.8 Å². The lowest BCUT2D eigenvalue weighted by Gasteiger charge is -2.33. The van der Waals surface area contributed by atoms with E-state index in [0.717, 1.165) is 22.9 Å². The zero-order valence-corrected chi connectivity index (χ0v) is 31.6. The minimum absolute atomic E-state index is 0.0718. The van der Waals surface area contributed by atoms with Crippen molar-refractivity contribution in [1.82, 2.24) is 30.1 Å². The van der Waals surface area contributed by atoms with Crippen molar-refractivity contribution in [2.24, 2.45) is 17.8 Å². The van der Waals surface area contributed by atoms with E-state index in [9.17, 15) is 27.6 Å². The lowest BCUT2D eigenvalue weighted by Crippen LogP contribution is -2.60. The van der Waals surface area contributed by atoms with Crippen LogP contribution in [-0.2, 0) is 35.7 Å². The first kappa shape index (κ1) is 37.1. The number of nitrogens with one attached hydrogen (secondary N) is 3. The molecule has 6 atom stereocenters. The number of carbonyl (C=O) groups excluding carboxylic acids is 4. The molecule has 0 bridgehead atoms. The molecule has 2 aliphatic carbocycles. The maximum Gasteiger partial charge on any atom is 0.408 e. The molecule has 3 N–H and O–H groups in total. The van der Waals surface area contributed by atoms with Gasteiger partial charge in [-0.05, 0) is 76.8 Å². The van der Waals surface area contributed by atoms with Crippen LogP contribution in [-0.4, -0.2) is 102 Å². The number of allylic oxidation sites excluding steroid dienone is 1. The lowest BCUT2D eigenvalue weighted by atomic mass is 9.93. The lowest BCUT2D eigenvalue weighted by molar-refractivity contribution is -0.142. The Labute approximate surface area is 310 Å². The monoisotopic (exact) mass is 750 g/mol. The maximum absolute atomic E-state index is 14.6. The number of fused-ring (bicyclic) bond motifs is 5. The third-order valence-corrected chi connectivity index (χ3v) is 12.9. The predicted molar refractivity (Wildman–Crippen MR) is 196 cm³/mol. The quantitative estimate of drug-likeness (QED) is 0.357. The van der Waals surface area contributed by atoms with Gasteiger partial charge in [-0.3, -0.25) is 24.0 Å². The van der Waals surface area contributed by atoms with Crippen molar-refractivity contribution in [1.29, 1.82) is 0 Å². The van der Waals surface area contributed by atoms with Crippen molar-refractivity contribution < 1.29 is 37.1 Å². The van der Waals surface area contributed by atoms with Crippen molar-refractivity contribution >= 4 is 44.7 Å². The van der Waals surface area contributed by atoms with Crippen LogP contribution in [0.15, 0.2) is 42.5 Å². The van der Waals surface area contributed by atoms with Crippen LogP contribution < -0.4 is 20.1 Å². The number of para-hydroxylation sites is 1. The predicted octanol–water partition coefficient (Wildman–Crippen LogP) is 3.01. The van der Waals surface area contributed by atoms with Crippen LogP contribution in [0, 0.1) is 17.8 Å². The normalized spacial score (nSPS) is 30.0. The highest BCUT2D eigenvalue weighted by Gasteiger charge is 2.63. The molecule has 4 fully saturated rings. The largest absolute Gasteiger partial charge is 0.481 e. The zero-order chi connectivity index (χ0) is 37.7. The SMILES string of the molecule is COc1cc(CN2C[C@H]3CN4C(=O)[C@H](NC(=O)OC(C)(C)C)CCCC/C=C\[C@@H]5C[C@@]5(C(=O)NS(=O)(=O)C5CC5)NC(=O)[C@@H]4[C@H]3C2)c2ccccc2n1. The summed E-state index contributed by atoms with van der Waals surface area (Å²) in [6, 6.07) is 7.89. The van der Waals surface area contributed by atoms with Crippen LogP contribution in [0.2, 0.25) is 0 Å². The van der Waals surface area contributed by atoms with Gasteiger partial charge in [0, 0.05) is 49.5 Å². The van der Waals surface area contributed by atoms with Gasteiger partial charge >= 0.3 is 6.09 Å².